The first-order chi connectivity index (χ1) is 10.7. The number of aromatic amines is 2. The highest BCUT2D eigenvalue weighted by Crippen LogP contribution is 2.35. The molecule has 0 aliphatic heterocycles. The minimum absolute atomic E-state index is 0.117. The van der Waals surface area contributed by atoms with E-state index in [-0.39, 0.29) is 18.3 Å². The van der Waals surface area contributed by atoms with Crippen molar-refractivity contribution in [2.24, 2.45) is 0 Å². The number of benzene rings is 1. The maximum atomic E-state index is 11.9. The van der Waals surface area contributed by atoms with Gasteiger partial charge in [0.2, 0.25) is 0 Å². The lowest BCUT2D eigenvalue weighted by Gasteiger charge is -2.12. The molecule has 114 valence electrons. The van der Waals surface area contributed by atoms with E-state index in [1.54, 1.807) is 13.0 Å². The Morgan fingerprint density at radius 2 is 2.32 bits per heavy atom. The van der Waals surface area contributed by atoms with Crippen molar-refractivity contribution in [3.8, 4) is 0 Å². The third-order valence-corrected chi connectivity index (χ3v) is 3.73. The van der Waals surface area contributed by atoms with Gasteiger partial charge >= 0.3 is 5.97 Å². The van der Waals surface area contributed by atoms with Crippen LogP contribution in [0.2, 0.25) is 5.02 Å². The van der Waals surface area contributed by atoms with Gasteiger partial charge in [-0.2, -0.15) is 5.21 Å². The molecule has 22 heavy (non-hydrogen) atoms. The molecular formula is C14H14ClN5O2. The molecule has 8 heteroatoms. The summed E-state index contributed by atoms with van der Waals surface area (Å²) in [5.41, 5.74) is 1.73. The predicted octanol–water partition coefficient (Wildman–Crippen LogP) is 2.42. The van der Waals surface area contributed by atoms with Gasteiger partial charge in [-0.05, 0) is 24.6 Å². The highest BCUT2D eigenvalue weighted by Gasteiger charge is 2.26. The number of ether oxygens (including phenoxy) is 1. The Kier molecular flexibility index (Phi) is 4.06. The molecule has 1 atom stereocenters. The lowest BCUT2D eigenvalue weighted by molar-refractivity contribution is -0.143. The third-order valence-electron chi connectivity index (χ3n) is 3.41. The Bertz CT molecular complexity index is 784. The van der Waals surface area contributed by atoms with Crippen LogP contribution in [0, 0.1) is 0 Å². The molecule has 3 aromatic rings. The number of aromatic nitrogens is 5. The van der Waals surface area contributed by atoms with Crippen LogP contribution in [0.5, 0.6) is 0 Å². The third kappa shape index (κ3) is 2.67. The Morgan fingerprint density at radius 3 is 3.05 bits per heavy atom. The van der Waals surface area contributed by atoms with E-state index in [1.165, 1.54) is 0 Å². The van der Waals surface area contributed by atoms with Gasteiger partial charge < -0.3 is 9.72 Å². The second-order valence-electron chi connectivity index (χ2n) is 4.74. The van der Waals surface area contributed by atoms with Crippen molar-refractivity contribution in [3.05, 3.63) is 40.8 Å². The molecule has 1 aromatic carbocycles. The van der Waals surface area contributed by atoms with Crippen LogP contribution < -0.4 is 0 Å². The molecule has 0 saturated heterocycles. The van der Waals surface area contributed by atoms with Gasteiger partial charge in [0.05, 0.1) is 24.0 Å². The summed E-state index contributed by atoms with van der Waals surface area (Å²) in [5, 5.41) is 15.5. The molecule has 0 radical (unpaired) electrons. The fourth-order valence-corrected chi connectivity index (χ4v) is 2.77. The summed E-state index contributed by atoms with van der Waals surface area (Å²) in [4.78, 5) is 15.1. The fourth-order valence-electron chi connectivity index (χ4n) is 2.48. The van der Waals surface area contributed by atoms with Crippen LogP contribution in [0.25, 0.3) is 10.9 Å². The number of carbonyl (C=O) groups excluding carboxylic acids is 1. The van der Waals surface area contributed by atoms with E-state index in [0.29, 0.717) is 17.5 Å². The number of esters is 1. The number of carbonyl (C=O) groups is 1. The maximum Gasteiger partial charge on any atom is 0.306 e. The fraction of sp³-hybridized carbons (Fsp3) is 0.286. The number of H-pyrrole nitrogens is 2. The van der Waals surface area contributed by atoms with E-state index in [2.05, 4.69) is 25.6 Å². The number of rotatable bonds is 5. The van der Waals surface area contributed by atoms with Crippen molar-refractivity contribution in [2.75, 3.05) is 6.61 Å². The van der Waals surface area contributed by atoms with Crippen LogP contribution in [0.15, 0.2) is 24.4 Å². The Hall–Kier alpha value is -2.41. The molecule has 2 N–H and O–H groups in total. The smallest absolute Gasteiger partial charge is 0.306 e. The zero-order chi connectivity index (χ0) is 15.5. The molecule has 2 heterocycles. The van der Waals surface area contributed by atoms with E-state index >= 15 is 0 Å². The lowest BCUT2D eigenvalue weighted by Crippen LogP contribution is -2.13. The molecule has 0 bridgehead atoms. The van der Waals surface area contributed by atoms with Gasteiger partial charge in [0.1, 0.15) is 0 Å². The first kappa shape index (κ1) is 14.5. The largest absolute Gasteiger partial charge is 0.466 e. The van der Waals surface area contributed by atoms with E-state index < -0.39 is 0 Å². The summed E-state index contributed by atoms with van der Waals surface area (Å²) in [6.45, 7) is 2.09. The van der Waals surface area contributed by atoms with E-state index in [9.17, 15) is 4.79 Å². The molecule has 0 spiro atoms. The van der Waals surface area contributed by atoms with Crippen molar-refractivity contribution < 1.29 is 9.53 Å². The number of tetrazole rings is 1. The van der Waals surface area contributed by atoms with Gasteiger partial charge in [-0.15, -0.1) is 10.2 Å². The Labute approximate surface area is 131 Å². The normalized spacial score (nSPS) is 12.5. The quantitative estimate of drug-likeness (QED) is 0.704. The molecule has 0 aliphatic rings. The summed E-state index contributed by atoms with van der Waals surface area (Å²) in [6, 6.07) is 5.58. The molecule has 2 aromatic heterocycles. The van der Waals surface area contributed by atoms with Crippen LogP contribution in [0.1, 0.15) is 30.7 Å². The zero-order valence-electron chi connectivity index (χ0n) is 11.8. The van der Waals surface area contributed by atoms with Crippen LogP contribution in [0.4, 0.5) is 0 Å². The first-order valence-electron chi connectivity index (χ1n) is 6.85. The zero-order valence-corrected chi connectivity index (χ0v) is 12.6. The van der Waals surface area contributed by atoms with Crippen molar-refractivity contribution >= 4 is 28.5 Å². The van der Waals surface area contributed by atoms with Gasteiger partial charge in [0.25, 0.3) is 0 Å². The average molecular weight is 320 g/mol. The van der Waals surface area contributed by atoms with Crippen molar-refractivity contribution in [2.45, 2.75) is 19.3 Å². The molecule has 3 rings (SSSR count). The Morgan fingerprint density at radius 1 is 1.45 bits per heavy atom. The summed E-state index contributed by atoms with van der Waals surface area (Å²) >= 11 is 6.31. The van der Waals surface area contributed by atoms with Crippen molar-refractivity contribution in [1.29, 1.82) is 0 Å². The average Bonchev–Trinajstić information content (AvgIpc) is 3.15. The lowest BCUT2D eigenvalue weighted by atomic mass is 9.94. The molecule has 0 amide bonds. The van der Waals surface area contributed by atoms with Crippen molar-refractivity contribution in [1.82, 2.24) is 25.6 Å². The number of hydrogen-bond donors (Lipinski definition) is 2. The van der Waals surface area contributed by atoms with Gasteiger partial charge in [-0.25, -0.2) is 0 Å². The van der Waals surface area contributed by atoms with Gasteiger partial charge in [-0.3, -0.25) is 4.79 Å². The summed E-state index contributed by atoms with van der Waals surface area (Å²) in [6.07, 6.45) is 1.93. The molecule has 0 aliphatic carbocycles. The maximum absolute atomic E-state index is 11.9. The standard InChI is InChI=1S/C14H14ClN5O2/c1-2-22-12(21)6-8(14-17-19-20-18-14)9-7-16-11-5-3-4-10(15)13(9)11/h3-5,7-8,16H,2,6H2,1H3,(H,17,18,19,20). The number of hydrogen-bond acceptors (Lipinski definition) is 5. The summed E-state index contributed by atoms with van der Waals surface area (Å²) < 4.78 is 5.04. The molecule has 7 nitrogen and oxygen atoms in total. The van der Waals surface area contributed by atoms with Crippen LogP contribution >= 0.6 is 11.6 Å². The second-order valence-corrected chi connectivity index (χ2v) is 5.15. The van der Waals surface area contributed by atoms with E-state index in [1.807, 2.05) is 18.3 Å². The van der Waals surface area contributed by atoms with Gasteiger partial charge in [0.15, 0.2) is 5.82 Å². The van der Waals surface area contributed by atoms with Gasteiger partial charge in [-0.1, -0.05) is 22.9 Å². The Balaban J connectivity index is 2.06. The topological polar surface area (TPSA) is 96.6 Å². The van der Waals surface area contributed by atoms with Crippen LogP contribution in [0.3, 0.4) is 0 Å². The van der Waals surface area contributed by atoms with E-state index in [0.717, 1.165) is 16.5 Å². The van der Waals surface area contributed by atoms with Crippen LogP contribution in [-0.2, 0) is 9.53 Å². The molecule has 0 fully saturated rings. The number of nitrogens with zero attached hydrogens (tertiary/aromatic N) is 3. The highest BCUT2D eigenvalue weighted by atomic mass is 35.5. The molecular weight excluding hydrogens is 306 g/mol. The first-order valence-corrected chi connectivity index (χ1v) is 7.23. The summed E-state index contributed by atoms with van der Waals surface area (Å²) in [7, 11) is 0. The second kappa shape index (κ2) is 6.15. The number of fused-ring (bicyclic) bond motifs is 1. The molecule has 0 saturated carbocycles. The minimum Gasteiger partial charge on any atom is -0.466 e. The minimum atomic E-state index is -0.383. The highest BCUT2D eigenvalue weighted by molar-refractivity contribution is 6.35. The van der Waals surface area contributed by atoms with Crippen LogP contribution in [-0.4, -0.2) is 38.2 Å². The predicted molar refractivity (Wildman–Crippen MR) is 80.6 cm³/mol. The SMILES string of the molecule is CCOC(=O)CC(c1nn[nH]n1)c1c[nH]c2cccc(Cl)c12. The van der Waals surface area contributed by atoms with E-state index in [4.69, 9.17) is 16.3 Å². The number of halogens is 1. The van der Waals surface area contributed by atoms with Crippen molar-refractivity contribution in [3.63, 3.8) is 0 Å². The summed E-state index contributed by atoms with van der Waals surface area (Å²) in [5.74, 6) is -0.279. The van der Waals surface area contributed by atoms with Gasteiger partial charge in [0, 0.05) is 17.1 Å². The molecule has 1 unspecified atom stereocenters. The number of nitrogens with one attached hydrogen (secondary N) is 2. The monoisotopic (exact) mass is 319 g/mol.